The number of amides is 1. The summed E-state index contributed by atoms with van der Waals surface area (Å²) < 4.78 is 26.8. The number of halogens is 3. The molecule has 0 bridgehead atoms. The molecule has 1 amide bonds. The molecular formula is C13H14ClF2NO2. The average Bonchev–Trinajstić information content (AvgIpc) is 2.36. The standard InChI is InChI=1S/C13H14ClF2NO2/c14-8-6-9(15)7(5-10(8)16)13(19)17-11-3-1-2-4-12(11)18/h5-6,11-12,18H,1-4H2,(H,17,19)/t11-,12-/m1/s1. The highest BCUT2D eigenvalue weighted by Crippen LogP contribution is 2.21. The van der Waals surface area contributed by atoms with Crippen molar-refractivity contribution in [1.82, 2.24) is 5.32 Å². The first-order valence-corrected chi connectivity index (χ1v) is 6.50. The minimum Gasteiger partial charge on any atom is -0.391 e. The Labute approximate surface area is 114 Å². The first-order valence-electron chi connectivity index (χ1n) is 6.12. The van der Waals surface area contributed by atoms with Crippen molar-refractivity contribution in [2.75, 3.05) is 0 Å². The SMILES string of the molecule is O=C(N[C@@H]1CCCC[C@H]1O)c1cc(F)c(Cl)cc1F. The van der Waals surface area contributed by atoms with Gasteiger partial charge in [0.1, 0.15) is 11.6 Å². The summed E-state index contributed by atoms with van der Waals surface area (Å²) in [6, 6.07) is 1.12. The Morgan fingerprint density at radius 1 is 1.26 bits per heavy atom. The quantitative estimate of drug-likeness (QED) is 0.822. The lowest BCUT2D eigenvalue weighted by Gasteiger charge is -2.28. The van der Waals surface area contributed by atoms with E-state index in [4.69, 9.17) is 11.6 Å². The molecule has 1 fully saturated rings. The fraction of sp³-hybridized carbons (Fsp3) is 0.462. The Kier molecular flexibility index (Phi) is 4.37. The maximum atomic E-state index is 13.6. The number of aliphatic hydroxyl groups excluding tert-OH is 1. The minimum atomic E-state index is -0.880. The van der Waals surface area contributed by atoms with Crippen LogP contribution in [-0.2, 0) is 0 Å². The number of nitrogens with one attached hydrogen (secondary N) is 1. The topological polar surface area (TPSA) is 49.3 Å². The molecule has 0 spiro atoms. The third-order valence-corrected chi connectivity index (χ3v) is 3.59. The predicted molar refractivity (Wildman–Crippen MR) is 67.1 cm³/mol. The van der Waals surface area contributed by atoms with Crippen LogP contribution >= 0.6 is 11.6 Å². The molecule has 1 aromatic carbocycles. The summed E-state index contributed by atoms with van der Waals surface area (Å²) in [5.41, 5.74) is -0.403. The molecule has 1 aromatic rings. The maximum Gasteiger partial charge on any atom is 0.254 e. The third kappa shape index (κ3) is 3.22. The molecule has 1 aliphatic rings. The summed E-state index contributed by atoms with van der Waals surface area (Å²) in [6.07, 6.45) is 2.38. The van der Waals surface area contributed by atoms with Crippen molar-refractivity contribution in [3.05, 3.63) is 34.4 Å². The van der Waals surface area contributed by atoms with Crippen molar-refractivity contribution in [1.29, 1.82) is 0 Å². The van der Waals surface area contributed by atoms with Gasteiger partial charge in [-0.2, -0.15) is 0 Å². The van der Waals surface area contributed by atoms with E-state index in [0.29, 0.717) is 12.8 Å². The first kappa shape index (κ1) is 14.2. The van der Waals surface area contributed by atoms with Gasteiger partial charge in [0.05, 0.1) is 22.7 Å². The van der Waals surface area contributed by atoms with Crippen LogP contribution in [0.2, 0.25) is 5.02 Å². The van der Waals surface area contributed by atoms with Crippen LogP contribution in [0.4, 0.5) is 8.78 Å². The maximum absolute atomic E-state index is 13.6. The molecule has 104 valence electrons. The minimum absolute atomic E-state index is 0.369. The lowest BCUT2D eigenvalue weighted by Crippen LogP contribution is -2.45. The molecule has 6 heteroatoms. The monoisotopic (exact) mass is 289 g/mol. The molecular weight excluding hydrogens is 276 g/mol. The largest absolute Gasteiger partial charge is 0.391 e. The second kappa shape index (κ2) is 5.84. The van der Waals surface area contributed by atoms with Crippen molar-refractivity contribution in [2.45, 2.75) is 37.8 Å². The van der Waals surface area contributed by atoms with Gasteiger partial charge in [0.2, 0.25) is 0 Å². The first-order chi connectivity index (χ1) is 8.99. The van der Waals surface area contributed by atoms with Crippen molar-refractivity contribution < 1.29 is 18.7 Å². The van der Waals surface area contributed by atoms with Crippen molar-refractivity contribution in [3.63, 3.8) is 0 Å². The second-order valence-electron chi connectivity index (χ2n) is 4.68. The van der Waals surface area contributed by atoms with E-state index in [2.05, 4.69) is 5.32 Å². The number of benzene rings is 1. The normalized spacial score (nSPS) is 23.2. The molecule has 2 N–H and O–H groups in total. The van der Waals surface area contributed by atoms with E-state index >= 15 is 0 Å². The summed E-state index contributed by atoms with van der Waals surface area (Å²) >= 11 is 5.42. The zero-order valence-electron chi connectivity index (χ0n) is 10.1. The van der Waals surface area contributed by atoms with Gasteiger partial charge in [-0.3, -0.25) is 4.79 Å². The van der Waals surface area contributed by atoms with Gasteiger partial charge >= 0.3 is 0 Å². The second-order valence-corrected chi connectivity index (χ2v) is 5.09. The molecule has 3 nitrogen and oxygen atoms in total. The van der Waals surface area contributed by atoms with Crippen molar-refractivity contribution >= 4 is 17.5 Å². The zero-order chi connectivity index (χ0) is 14.0. The van der Waals surface area contributed by atoms with Crippen LogP contribution in [0.25, 0.3) is 0 Å². The number of rotatable bonds is 2. The number of carbonyl (C=O) groups is 1. The number of hydrogen-bond acceptors (Lipinski definition) is 2. The van der Waals surface area contributed by atoms with Crippen LogP contribution in [0.5, 0.6) is 0 Å². The Balaban J connectivity index is 2.13. The third-order valence-electron chi connectivity index (χ3n) is 3.30. The Bertz CT molecular complexity index is 496. The fourth-order valence-corrected chi connectivity index (χ4v) is 2.37. The van der Waals surface area contributed by atoms with Crippen LogP contribution in [0.3, 0.4) is 0 Å². The fourth-order valence-electron chi connectivity index (χ4n) is 2.22. The van der Waals surface area contributed by atoms with Crippen LogP contribution in [0.15, 0.2) is 12.1 Å². The van der Waals surface area contributed by atoms with Gasteiger partial charge in [-0.15, -0.1) is 0 Å². The Morgan fingerprint density at radius 3 is 2.63 bits per heavy atom. The summed E-state index contributed by atoms with van der Waals surface area (Å²) in [5, 5.41) is 11.9. The van der Waals surface area contributed by atoms with Crippen molar-refractivity contribution in [2.24, 2.45) is 0 Å². The molecule has 2 rings (SSSR count). The molecule has 0 saturated heterocycles. The zero-order valence-corrected chi connectivity index (χ0v) is 10.9. The van der Waals surface area contributed by atoms with Crippen LogP contribution < -0.4 is 5.32 Å². The molecule has 0 radical (unpaired) electrons. The number of carbonyl (C=O) groups excluding carboxylic acids is 1. The number of hydrogen-bond donors (Lipinski definition) is 2. The molecule has 1 aliphatic carbocycles. The molecule has 1 saturated carbocycles. The summed E-state index contributed by atoms with van der Waals surface area (Å²) in [6.45, 7) is 0. The van der Waals surface area contributed by atoms with Gasteiger partial charge in [-0.1, -0.05) is 24.4 Å². The summed E-state index contributed by atoms with van der Waals surface area (Å²) in [5.74, 6) is -2.47. The predicted octanol–water partition coefficient (Wildman–Crippen LogP) is 2.65. The average molecular weight is 290 g/mol. The van der Waals surface area contributed by atoms with E-state index in [1.807, 2.05) is 0 Å². The molecule has 0 unspecified atom stereocenters. The smallest absolute Gasteiger partial charge is 0.254 e. The molecule has 0 aromatic heterocycles. The molecule has 19 heavy (non-hydrogen) atoms. The molecule has 0 heterocycles. The van der Waals surface area contributed by atoms with Crippen LogP contribution in [0, 0.1) is 11.6 Å². The highest BCUT2D eigenvalue weighted by Gasteiger charge is 2.26. The van der Waals surface area contributed by atoms with Crippen molar-refractivity contribution in [3.8, 4) is 0 Å². The van der Waals surface area contributed by atoms with Gasteiger partial charge in [0.25, 0.3) is 5.91 Å². The number of aliphatic hydroxyl groups is 1. The van der Waals surface area contributed by atoms with E-state index < -0.39 is 35.3 Å². The van der Waals surface area contributed by atoms with E-state index in [1.54, 1.807) is 0 Å². The van der Waals surface area contributed by atoms with E-state index in [9.17, 15) is 18.7 Å². The van der Waals surface area contributed by atoms with E-state index in [1.165, 1.54) is 0 Å². The van der Waals surface area contributed by atoms with Crippen LogP contribution in [0.1, 0.15) is 36.0 Å². The molecule has 0 aliphatic heterocycles. The Hall–Kier alpha value is -1.20. The highest BCUT2D eigenvalue weighted by atomic mass is 35.5. The van der Waals surface area contributed by atoms with Gasteiger partial charge < -0.3 is 10.4 Å². The van der Waals surface area contributed by atoms with E-state index in [0.717, 1.165) is 25.0 Å². The summed E-state index contributed by atoms with van der Waals surface area (Å²) in [7, 11) is 0. The van der Waals surface area contributed by atoms with Gasteiger partial charge in [0, 0.05) is 0 Å². The van der Waals surface area contributed by atoms with Gasteiger partial charge in [-0.05, 0) is 25.0 Å². The Morgan fingerprint density at radius 2 is 1.95 bits per heavy atom. The lowest BCUT2D eigenvalue weighted by molar-refractivity contribution is 0.0714. The van der Waals surface area contributed by atoms with Crippen LogP contribution in [-0.4, -0.2) is 23.2 Å². The van der Waals surface area contributed by atoms with E-state index in [-0.39, 0.29) is 5.02 Å². The lowest BCUT2D eigenvalue weighted by atomic mass is 9.92. The summed E-state index contributed by atoms with van der Waals surface area (Å²) in [4.78, 5) is 11.9. The highest BCUT2D eigenvalue weighted by molar-refractivity contribution is 6.30. The molecule has 2 atom stereocenters. The van der Waals surface area contributed by atoms with Gasteiger partial charge in [0.15, 0.2) is 0 Å². The van der Waals surface area contributed by atoms with Gasteiger partial charge in [-0.25, -0.2) is 8.78 Å².